The van der Waals surface area contributed by atoms with Crippen LogP contribution < -0.4 is 5.32 Å². The largest absolute Gasteiger partial charge is 0.461 e. The molecule has 0 saturated heterocycles. The molecule has 0 spiro atoms. The molecule has 0 aliphatic rings. The van der Waals surface area contributed by atoms with Gasteiger partial charge in [0.1, 0.15) is 6.61 Å². The summed E-state index contributed by atoms with van der Waals surface area (Å²) >= 11 is 6.16. The van der Waals surface area contributed by atoms with Gasteiger partial charge in [-0.25, -0.2) is 0 Å². The molecule has 27 heavy (non-hydrogen) atoms. The van der Waals surface area contributed by atoms with Gasteiger partial charge in [-0.15, -0.1) is 0 Å². The third-order valence-corrected chi connectivity index (χ3v) is 4.45. The van der Waals surface area contributed by atoms with Crippen molar-refractivity contribution in [1.82, 2.24) is 0 Å². The first kappa shape index (κ1) is 18.7. The minimum atomic E-state index is -0.371. The van der Waals surface area contributed by atoms with E-state index in [1.165, 1.54) is 13.2 Å². The van der Waals surface area contributed by atoms with Gasteiger partial charge in [-0.3, -0.25) is 9.59 Å². The van der Waals surface area contributed by atoms with Crippen LogP contribution in [0.2, 0.25) is 5.02 Å². The lowest BCUT2D eigenvalue weighted by atomic mass is 10.0. The molecule has 2 aromatic carbocycles. The Balaban J connectivity index is 1.86. The Morgan fingerprint density at radius 2 is 1.96 bits per heavy atom. The Kier molecular flexibility index (Phi) is 5.62. The quantitative estimate of drug-likeness (QED) is 0.463. The molecule has 3 aromatic rings. The second-order valence-corrected chi connectivity index (χ2v) is 6.40. The smallest absolute Gasteiger partial charge is 0.302 e. The second kappa shape index (κ2) is 8.10. The maximum atomic E-state index is 12.6. The number of hydrogen-bond donors (Lipinski definition) is 1. The molecule has 138 valence electrons. The Morgan fingerprint density at radius 1 is 1.15 bits per heavy atom. The van der Waals surface area contributed by atoms with Crippen molar-refractivity contribution in [2.45, 2.75) is 20.5 Å². The normalized spacial score (nSPS) is 10.5. The molecule has 0 unspecified atom stereocenters. The summed E-state index contributed by atoms with van der Waals surface area (Å²) in [6, 6.07) is 14.1. The molecule has 0 aliphatic heterocycles. The van der Waals surface area contributed by atoms with Gasteiger partial charge in [-0.05, 0) is 48.9 Å². The van der Waals surface area contributed by atoms with Crippen molar-refractivity contribution in [3.05, 3.63) is 82.3 Å². The van der Waals surface area contributed by atoms with Gasteiger partial charge in [0.15, 0.2) is 5.76 Å². The third-order valence-electron chi connectivity index (χ3n) is 4.08. The monoisotopic (exact) mass is 383 g/mol. The Morgan fingerprint density at radius 3 is 2.67 bits per heavy atom. The van der Waals surface area contributed by atoms with Crippen LogP contribution in [-0.4, -0.2) is 11.8 Å². The van der Waals surface area contributed by atoms with Gasteiger partial charge in [0.05, 0.1) is 6.26 Å². The summed E-state index contributed by atoms with van der Waals surface area (Å²) in [6.45, 7) is 3.31. The van der Waals surface area contributed by atoms with Gasteiger partial charge in [0.25, 0.3) is 0 Å². The number of furan rings is 1. The number of hydrogen-bond acceptors (Lipinski definition) is 5. The summed E-state index contributed by atoms with van der Waals surface area (Å²) in [5.74, 6) is -0.248. The zero-order valence-corrected chi connectivity index (χ0v) is 15.7. The number of anilines is 2. The molecule has 0 radical (unpaired) electrons. The maximum Gasteiger partial charge on any atom is 0.302 e. The molecule has 0 atom stereocenters. The highest BCUT2D eigenvalue weighted by Crippen LogP contribution is 2.28. The van der Waals surface area contributed by atoms with Crippen LogP contribution in [0.4, 0.5) is 11.4 Å². The van der Waals surface area contributed by atoms with E-state index in [4.69, 9.17) is 20.8 Å². The third kappa shape index (κ3) is 4.38. The predicted molar refractivity (Wildman–Crippen MR) is 104 cm³/mol. The molecule has 5 nitrogen and oxygen atoms in total. The first-order chi connectivity index (χ1) is 13.0. The fourth-order valence-electron chi connectivity index (χ4n) is 2.66. The lowest BCUT2D eigenvalue weighted by Crippen LogP contribution is -2.05. The fraction of sp³-hybridized carbons (Fsp3) is 0.143. The number of rotatable bonds is 6. The molecule has 0 bridgehead atoms. The molecule has 0 saturated carbocycles. The van der Waals surface area contributed by atoms with Gasteiger partial charge in [0, 0.05) is 34.4 Å². The topological polar surface area (TPSA) is 68.5 Å². The van der Waals surface area contributed by atoms with E-state index < -0.39 is 0 Å². The van der Waals surface area contributed by atoms with Gasteiger partial charge in [0.2, 0.25) is 5.78 Å². The Hall–Kier alpha value is -3.05. The van der Waals surface area contributed by atoms with E-state index >= 15 is 0 Å². The maximum absolute atomic E-state index is 12.6. The van der Waals surface area contributed by atoms with Gasteiger partial charge in [-0.2, -0.15) is 0 Å². The molecule has 0 aliphatic carbocycles. The summed E-state index contributed by atoms with van der Waals surface area (Å²) in [6.07, 6.45) is 1.48. The Labute approximate surface area is 161 Å². The van der Waals surface area contributed by atoms with Gasteiger partial charge in [-0.1, -0.05) is 23.7 Å². The van der Waals surface area contributed by atoms with E-state index in [9.17, 15) is 9.59 Å². The molecule has 3 rings (SSSR count). The number of carbonyl (C=O) groups is 2. The molecular formula is C21H18ClNO4. The zero-order chi connectivity index (χ0) is 19.4. The van der Waals surface area contributed by atoms with Crippen LogP contribution >= 0.6 is 11.6 Å². The zero-order valence-electron chi connectivity index (χ0n) is 14.9. The highest BCUT2D eigenvalue weighted by molar-refractivity contribution is 6.31. The molecule has 1 N–H and O–H groups in total. The van der Waals surface area contributed by atoms with Crippen LogP contribution in [0.1, 0.15) is 34.2 Å². The fourth-order valence-corrected chi connectivity index (χ4v) is 2.83. The number of ether oxygens (including phenoxy) is 1. The van der Waals surface area contributed by atoms with Crippen molar-refractivity contribution in [2.24, 2.45) is 0 Å². The van der Waals surface area contributed by atoms with E-state index in [0.717, 1.165) is 16.9 Å². The van der Waals surface area contributed by atoms with E-state index in [1.54, 1.807) is 30.3 Å². The minimum Gasteiger partial charge on any atom is -0.461 e. The minimum absolute atomic E-state index is 0.0969. The van der Waals surface area contributed by atoms with E-state index in [-0.39, 0.29) is 18.4 Å². The SMILES string of the molecule is CC(=O)OCc1cc(Nc2cccc(C(=O)c3ccco3)c2C)ccc1Cl. The molecule has 6 heteroatoms. The average Bonchev–Trinajstić information content (AvgIpc) is 3.18. The predicted octanol–water partition coefficient (Wildman–Crippen LogP) is 5.28. The highest BCUT2D eigenvalue weighted by Gasteiger charge is 2.16. The summed E-state index contributed by atoms with van der Waals surface area (Å²) < 4.78 is 10.2. The number of esters is 1. The van der Waals surface area contributed by atoms with Gasteiger partial charge >= 0.3 is 5.97 Å². The van der Waals surface area contributed by atoms with Gasteiger partial charge < -0.3 is 14.5 Å². The van der Waals surface area contributed by atoms with Crippen LogP contribution in [0, 0.1) is 6.92 Å². The number of carbonyl (C=O) groups excluding carboxylic acids is 2. The molecule has 1 heterocycles. The van der Waals surface area contributed by atoms with Crippen molar-refractivity contribution in [3.63, 3.8) is 0 Å². The molecule has 0 amide bonds. The first-order valence-electron chi connectivity index (χ1n) is 8.32. The van der Waals surface area contributed by atoms with Crippen molar-refractivity contribution in [2.75, 3.05) is 5.32 Å². The lowest BCUT2D eigenvalue weighted by Gasteiger charge is -2.14. The second-order valence-electron chi connectivity index (χ2n) is 6.00. The number of nitrogens with one attached hydrogen (secondary N) is 1. The number of benzene rings is 2. The number of halogens is 1. The summed E-state index contributed by atoms with van der Waals surface area (Å²) in [4.78, 5) is 23.6. The summed E-state index contributed by atoms with van der Waals surface area (Å²) in [5.41, 5.74) is 3.61. The first-order valence-corrected chi connectivity index (χ1v) is 8.70. The molecule has 0 fully saturated rings. The molecule has 1 aromatic heterocycles. The van der Waals surface area contributed by atoms with Crippen molar-refractivity contribution in [1.29, 1.82) is 0 Å². The highest BCUT2D eigenvalue weighted by atomic mass is 35.5. The summed E-state index contributed by atoms with van der Waals surface area (Å²) in [5, 5.41) is 3.80. The van der Waals surface area contributed by atoms with Crippen LogP contribution in [0.25, 0.3) is 0 Å². The van der Waals surface area contributed by atoms with Crippen molar-refractivity contribution < 1.29 is 18.7 Å². The lowest BCUT2D eigenvalue weighted by molar-refractivity contribution is -0.142. The van der Waals surface area contributed by atoms with Crippen LogP contribution in [0.15, 0.2) is 59.2 Å². The summed E-state index contributed by atoms with van der Waals surface area (Å²) in [7, 11) is 0. The molecular weight excluding hydrogens is 366 g/mol. The van der Waals surface area contributed by atoms with Crippen molar-refractivity contribution >= 4 is 34.7 Å². The van der Waals surface area contributed by atoms with Crippen molar-refractivity contribution in [3.8, 4) is 0 Å². The van der Waals surface area contributed by atoms with E-state index in [2.05, 4.69) is 5.32 Å². The van der Waals surface area contributed by atoms with E-state index in [0.29, 0.717) is 21.9 Å². The average molecular weight is 384 g/mol. The Bertz CT molecular complexity index is 980. The standard InChI is InChI=1S/C21H18ClNO4/c1-13-17(21(25)20-7-4-10-26-20)5-3-6-19(13)23-16-8-9-18(22)15(11-16)12-27-14(2)24/h3-11,23H,12H2,1-2H3. The van der Waals surface area contributed by atoms with Crippen LogP contribution in [0.5, 0.6) is 0 Å². The van der Waals surface area contributed by atoms with Crippen LogP contribution in [0.3, 0.4) is 0 Å². The van der Waals surface area contributed by atoms with Crippen LogP contribution in [-0.2, 0) is 16.1 Å². The van der Waals surface area contributed by atoms with E-state index in [1.807, 2.05) is 25.1 Å². The number of ketones is 1.